The molecule has 0 spiro atoms. The van der Waals surface area contributed by atoms with Gasteiger partial charge in [-0.1, -0.05) is 6.07 Å². The third kappa shape index (κ3) is 1.78. The number of hydrogen-bond acceptors (Lipinski definition) is 3. The fraction of sp³-hybridized carbons (Fsp3) is 0.286. The molecule has 5 heteroatoms. The maximum atomic E-state index is 11.2. The quantitative estimate of drug-likeness (QED) is 0.823. The van der Waals surface area contributed by atoms with E-state index in [1.165, 1.54) is 0 Å². The molecule has 0 bridgehead atoms. The highest BCUT2D eigenvalue weighted by atomic mass is 16.5. The van der Waals surface area contributed by atoms with Crippen LogP contribution in [0.15, 0.2) is 12.1 Å². The van der Waals surface area contributed by atoms with E-state index in [4.69, 9.17) is 9.84 Å². The SMILES string of the molecule is Cc1cc(C)c2c(c1)-c1n[nH]c(C(=O)O)c1CCO2. The third-order valence-corrected chi connectivity index (χ3v) is 3.35. The molecule has 19 heavy (non-hydrogen) atoms. The van der Waals surface area contributed by atoms with Gasteiger partial charge in [-0.2, -0.15) is 5.10 Å². The Morgan fingerprint density at radius 2 is 2.21 bits per heavy atom. The number of carboxylic acids is 1. The molecule has 0 saturated heterocycles. The summed E-state index contributed by atoms with van der Waals surface area (Å²) >= 11 is 0. The lowest BCUT2D eigenvalue weighted by Crippen LogP contribution is -2.05. The summed E-state index contributed by atoms with van der Waals surface area (Å²) in [6, 6.07) is 4.04. The van der Waals surface area contributed by atoms with Gasteiger partial charge in [-0.05, 0) is 31.0 Å². The molecule has 1 aliphatic heterocycles. The van der Waals surface area contributed by atoms with E-state index >= 15 is 0 Å². The predicted octanol–water partition coefficient (Wildman–Crippen LogP) is 2.33. The fourth-order valence-electron chi connectivity index (χ4n) is 2.59. The van der Waals surface area contributed by atoms with Crippen molar-refractivity contribution < 1.29 is 14.6 Å². The summed E-state index contributed by atoms with van der Waals surface area (Å²) in [5.41, 5.74) is 4.59. The van der Waals surface area contributed by atoms with Crippen LogP contribution in [0.5, 0.6) is 5.75 Å². The Bertz CT molecular complexity index is 674. The zero-order chi connectivity index (χ0) is 13.6. The van der Waals surface area contributed by atoms with Crippen LogP contribution in [0.1, 0.15) is 27.2 Å². The fourth-order valence-corrected chi connectivity index (χ4v) is 2.59. The molecule has 0 unspecified atom stereocenters. The smallest absolute Gasteiger partial charge is 0.354 e. The highest BCUT2D eigenvalue weighted by Crippen LogP contribution is 2.38. The van der Waals surface area contributed by atoms with Crippen molar-refractivity contribution in [3.05, 3.63) is 34.5 Å². The van der Waals surface area contributed by atoms with Crippen LogP contribution in [0.3, 0.4) is 0 Å². The van der Waals surface area contributed by atoms with E-state index in [2.05, 4.69) is 16.3 Å². The summed E-state index contributed by atoms with van der Waals surface area (Å²) in [7, 11) is 0. The summed E-state index contributed by atoms with van der Waals surface area (Å²) in [6.07, 6.45) is 0.542. The molecule has 98 valence electrons. The Labute approximate surface area is 110 Å². The minimum absolute atomic E-state index is 0.158. The molecule has 0 fully saturated rings. The van der Waals surface area contributed by atoms with Crippen LogP contribution in [0.2, 0.25) is 0 Å². The van der Waals surface area contributed by atoms with Crippen molar-refractivity contribution in [2.45, 2.75) is 20.3 Å². The Morgan fingerprint density at radius 3 is 2.95 bits per heavy atom. The highest BCUT2D eigenvalue weighted by Gasteiger charge is 2.25. The number of hydrogen-bond donors (Lipinski definition) is 2. The van der Waals surface area contributed by atoms with Crippen molar-refractivity contribution >= 4 is 5.97 Å². The topological polar surface area (TPSA) is 75.2 Å². The van der Waals surface area contributed by atoms with Crippen molar-refractivity contribution in [3.8, 4) is 17.0 Å². The van der Waals surface area contributed by atoms with Gasteiger partial charge < -0.3 is 9.84 Å². The molecule has 0 amide bonds. The van der Waals surface area contributed by atoms with E-state index in [9.17, 15) is 4.79 Å². The molecule has 1 aromatic carbocycles. The average Bonchev–Trinajstić information content (AvgIpc) is 2.67. The summed E-state index contributed by atoms with van der Waals surface area (Å²) in [4.78, 5) is 11.2. The summed E-state index contributed by atoms with van der Waals surface area (Å²) < 4.78 is 5.76. The molecule has 1 aliphatic rings. The second-order valence-electron chi connectivity index (χ2n) is 4.79. The second-order valence-corrected chi connectivity index (χ2v) is 4.79. The van der Waals surface area contributed by atoms with Crippen molar-refractivity contribution in [2.75, 3.05) is 6.61 Å². The number of H-pyrrole nitrogens is 1. The van der Waals surface area contributed by atoms with Crippen molar-refractivity contribution in [2.24, 2.45) is 0 Å². The Balaban J connectivity index is 2.28. The van der Waals surface area contributed by atoms with E-state index in [-0.39, 0.29) is 5.69 Å². The molecule has 2 N–H and O–H groups in total. The molecule has 1 aromatic heterocycles. The summed E-state index contributed by atoms with van der Waals surface area (Å²) in [5, 5.41) is 16.0. The number of nitrogens with zero attached hydrogens (tertiary/aromatic N) is 1. The largest absolute Gasteiger partial charge is 0.492 e. The number of aromatic carboxylic acids is 1. The maximum absolute atomic E-state index is 11.2. The number of aryl methyl sites for hydroxylation is 2. The summed E-state index contributed by atoms with van der Waals surface area (Å²) in [6.45, 7) is 4.45. The van der Waals surface area contributed by atoms with E-state index in [1.54, 1.807) is 0 Å². The molecule has 0 aliphatic carbocycles. The molecular weight excluding hydrogens is 244 g/mol. The molecule has 2 aromatic rings. The van der Waals surface area contributed by atoms with Crippen molar-refractivity contribution in [3.63, 3.8) is 0 Å². The van der Waals surface area contributed by atoms with Crippen molar-refractivity contribution in [1.82, 2.24) is 10.2 Å². The van der Waals surface area contributed by atoms with Gasteiger partial charge >= 0.3 is 5.97 Å². The highest BCUT2D eigenvalue weighted by molar-refractivity contribution is 5.90. The van der Waals surface area contributed by atoms with E-state index in [0.717, 1.165) is 28.0 Å². The minimum Gasteiger partial charge on any atom is -0.492 e. The predicted molar refractivity (Wildman–Crippen MR) is 69.7 cm³/mol. The molecule has 3 rings (SSSR count). The number of aromatic amines is 1. The number of benzene rings is 1. The van der Waals surface area contributed by atoms with Crippen LogP contribution in [0, 0.1) is 13.8 Å². The van der Waals surface area contributed by atoms with E-state index in [0.29, 0.717) is 18.7 Å². The van der Waals surface area contributed by atoms with Gasteiger partial charge in [0.2, 0.25) is 0 Å². The Morgan fingerprint density at radius 1 is 1.42 bits per heavy atom. The van der Waals surface area contributed by atoms with Gasteiger partial charge in [-0.15, -0.1) is 0 Å². The Hall–Kier alpha value is -2.30. The molecular formula is C14H14N2O3. The van der Waals surface area contributed by atoms with Crippen LogP contribution in [0.4, 0.5) is 0 Å². The number of nitrogens with one attached hydrogen (secondary N) is 1. The monoisotopic (exact) mass is 258 g/mol. The normalized spacial score (nSPS) is 13.2. The van der Waals surface area contributed by atoms with Crippen LogP contribution in [-0.4, -0.2) is 27.9 Å². The van der Waals surface area contributed by atoms with Gasteiger partial charge in [-0.3, -0.25) is 5.10 Å². The molecule has 5 nitrogen and oxygen atoms in total. The average molecular weight is 258 g/mol. The molecule has 0 radical (unpaired) electrons. The van der Waals surface area contributed by atoms with Gasteiger partial charge in [0.1, 0.15) is 11.4 Å². The maximum Gasteiger partial charge on any atom is 0.354 e. The minimum atomic E-state index is -0.985. The number of rotatable bonds is 1. The first-order chi connectivity index (χ1) is 9.08. The standard InChI is InChI=1S/C14H14N2O3/c1-7-5-8(2)13-10(6-7)11-9(3-4-19-13)12(14(17)18)16-15-11/h5-6H,3-4H2,1-2H3,(H,15,16)(H,17,18). The molecule has 0 atom stereocenters. The number of ether oxygens (including phenoxy) is 1. The first-order valence-corrected chi connectivity index (χ1v) is 6.13. The summed E-state index contributed by atoms with van der Waals surface area (Å²) in [5.74, 6) is -0.186. The van der Waals surface area contributed by atoms with Crippen molar-refractivity contribution in [1.29, 1.82) is 0 Å². The number of carbonyl (C=O) groups is 1. The third-order valence-electron chi connectivity index (χ3n) is 3.35. The van der Waals surface area contributed by atoms with Gasteiger partial charge in [-0.25, -0.2) is 4.79 Å². The lowest BCUT2D eigenvalue weighted by atomic mass is 9.99. The van der Waals surface area contributed by atoms with Gasteiger partial charge in [0.05, 0.1) is 12.3 Å². The van der Waals surface area contributed by atoms with E-state index in [1.807, 2.05) is 19.9 Å². The van der Waals surface area contributed by atoms with Gasteiger partial charge in [0, 0.05) is 17.5 Å². The number of aromatic nitrogens is 2. The second kappa shape index (κ2) is 4.12. The van der Waals surface area contributed by atoms with Gasteiger partial charge in [0.25, 0.3) is 0 Å². The van der Waals surface area contributed by atoms with Crippen LogP contribution >= 0.6 is 0 Å². The van der Waals surface area contributed by atoms with Crippen LogP contribution in [0.25, 0.3) is 11.3 Å². The van der Waals surface area contributed by atoms with Crippen LogP contribution in [-0.2, 0) is 6.42 Å². The lowest BCUT2D eigenvalue weighted by molar-refractivity contribution is 0.0689. The molecule has 2 heterocycles. The number of fused-ring (bicyclic) bond motifs is 3. The molecule has 0 saturated carbocycles. The van der Waals surface area contributed by atoms with Gasteiger partial charge in [0.15, 0.2) is 0 Å². The lowest BCUT2D eigenvalue weighted by Gasteiger charge is -2.11. The Kier molecular flexibility index (Phi) is 2.55. The zero-order valence-electron chi connectivity index (χ0n) is 10.8. The van der Waals surface area contributed by atoms with Crippen LogP contribution < -0.4 is 4.74 Å². The number of carboxylic acid groups (broad SMARTS) is 1. The zero-order valence-corrected chi connectivity index (χ0v) is 10.8. The first kappa shape index (κ1) is 11.8. The first-order valence-electron chi connectivity index (χ1n) is 6.13. The van der Waals surface area contributed by atoms with E-state index < -0.39 is 5.97 Å².